The second-order valence-corrected chi connectivity index (χ2v) is 7.18. The van der Waals surface area contributed by atoms with Gasteiger partial charge in [-0.3, -0.25) is 14.9 Å². The van der Waals surface area contributed by atoms with Crippen LogP contribution in [0.3, 0.4) is 0 Å². The molecule has 23 heavy (non-hydrogen) atoms. The minimum Gasteiger partial charge on any atom is -0.360 e. The van der Waals surface area contributed by atoms with E-state index in [0.29, 0.717) is 5.76 Å². The second kappa shape index (κ2) is 6.49. The smallest absolute Gasteiger partial charge is 0.314 e. The molecule has 1 atom stereocenters. The van der Waals surface area contributed by atoms with Crippen molar-refractivity contribution in [1.29, 1.82) is 0 Å². The molecule has 0 saturated carbocycles. The topological polar surface area (TPSA) is 97.1 Å². The van der Waals surface area contributed by atoms with Crippen LogP contribution in [-0.2, 0) is 15.0 Å². The third-order valence-corrected chi connectivity index (χ3v) is 4.11. The van der Waals surface area contributed by atoms with Crippen LogP contribution in [0.1, 0.15) is 50.2 Å². The monoisotopic (exact) mass is 336 g/mol. The number of thiazole rings is 1. The fourth-order valence-electron chi connectivity index (χ4n) is 1.75. The zero-order valence-corrected chi connectivity index (χ0v) is 14.6. The lowest BCUT2D eigenvalue weighted by molar-refractivity contribution is -0.136. The van der Waals surface area contributed by atoms with E-state index in [2.05, 4.69) is 41.5 Å². The third-order valence-electron chi connectivity index (χ3n) is 3.08. The van der Waals surface area contributed by atoms with Gasteiger partial charge in [0.15, 0.2) is 5.82 Å². The molecule has 2 amide bonds. The molecule has 7 nitrogen and oxygen atoms in total. The molecule has 8 heteroatoms. The summed E-state index contributed by atoms with van der Waals surface area (Å²) in [6.45, 7) is 9.70. The number of aryl methyl sites for hydroxylation is 1. The van der Waals surface area contributed by atoms with Crippen LogP contribution in [0, 0.1) is 6.92 Å². The summed E-state index contributed by atoms with van der Waals surface area (Å²) in [7, 11) is 0. The lowest BCUT2D eigenvalue weighted by atomic mass is 9.93. The molecule has 0 aromatic carbocycles. The van der Waals surface area contributed by atoms with Gasteiger partial charge in [0.25, 0.3) is 0 Å². The number of hydrogen-bond acceptors (Lipinski definition) is 6. The number of amides is 2. The van der Waals surface area contributed by atoms with Crippen molar-refractivity contribution in [3.8, 4) is 0 Å². The predicted molar refractivity (Wildman–Crippen MR) is 87.2 cm³/mol. The Kier molecular flexibility index (Phi) is 4.84. The highest BCUT2D eigenvalue weighted by Crippen LogP contribution is 2.26. The molecular weight excluding hydrogens is 316 g/mol. The number of aromatic nitrogens is 2. The van der Waals surface area contributed by atoms with Crippen molar-refractivity contribution in [1.82, 2.24) is 15.5 Å². The molecule has 0 aliphatic carbocycles. The normalized spacial score (nSPS) is 12.7. The van der Waals surface area contributed by atoms with Gasteiger partial charge in [0, 0.05) is 16.9 Å². The van der Waals surface area contributed by atoms with Crippen molar-refractivity contribution in [3.05, 3.63) is 27.9 Å². The van der Waals surface area contributed by atoms with Gasteiger partial charge < -0.3 is 9.84 Å². The summed E-state index contributed by atoms with van der Waals surface area (Å²) in [5.74, 6) is -0.783. The molecule has 0 aliphatic heterocycles. The Bertz CT molecular complexity index is 714. The molecule has 0 aliphatic rings. The number of nitrogens with one attached hydrogen (secondary N) is 2. The standard InChI is InChI=1S/C15H20N4O3S/c1-8-6-11(19-22-8)18-13(21)12(20)16-9(2)14-17-10(7-23-14)15(3,4)5/h6-7,9H,1-5H3,(H,16,20)(H,18,19,21)/t9-/m1/s1. The zero-order chi connectivity index (χ0) is 17.2. The molecule has 0 unspecified atom stereocenters. The Morgan fingerprint density at radius 1 is 1.30 bits per heavy atom. The lowest BCUT2D eigenvalue weighted by Crippen LogP contribution is -2.37. The number of rotatable bonds is 3. The molecule has 0 fully saturated rings. The highest BCUT2D eigenvalue weighted by Gasteiger charge is 2.22. The van der Waals surface area contributed by atoms with Crippen LogP contribution in [0.2, 0.25) is 0 Å². The van der Waals surface area contributed by atoms with Gasteiger partial charge in [-0.1, -0.05) is 25.9 Å². The van der Waals surface area contributed by atoms with Gasteiger partial charge >= 0.3 is 11.8 Å². The fourth-order valence-corrected chi connectivity index (χ4v) is 2.81. The summed E-state index contributed by atoms with van der Waals surface area (Å²) < 4.78 is 4.83. The maximum absolute atomic E-state index is 11.9. The van der Waals surface area contributed by atoms with E-state index >= 15 is 0 Å². The first-order valence-corrected chi connectivity index (χ1v) is 8.06. The highest BCUT2D eigenvalue weighted by molar-refractivity contribution is 7.09. The minimum absolute atomic E-state index is 0.0549. The average Bonchev–Trinajstić information content (AvgIpc) is 3.07. The van der Waals surface area contributed by atoms with E-state index in [1.807, 2.05) is 5.38 Å². The Labute approximate surface area is 138 Å². The first-order chi connectivity index (χ1) is 10.7. The molecule has 0 saturated heterocycles. The van der Waals surface area contributed by atoms with Gasteiger partial charge in [-0.05, 0) is 13.8 Å². The fraction of sp³-hybridized carbons (Fsp3) is 0.467. The maximum atomic E-state index is 11.9. The summed E-state index contributed by atoms with van der Waals surface area (Å²) in [5, 5.41) is 11.3. The average molecular weight is 336 g/mol. The molecule has 2 aromatic rings. The predicted octanol–water partition coefficient (Wildman–Crippen LogP) is 2.55. The summed E-state index contributed by atoms with van der Waals surface area (Å²) in [6, 6.07) is 1.18. The summed E-state index contributed by atoms with van der Waals surface area (Å²) >= 11 is 1.46. The van der Waals surface area contributed by atoms with Crippen molar-refractivity contribution in [3.63, 3.8) is 0 Å². The molecule has 2 N–H and O–H groups in total. The van der Waals surface area contributed by atoms with Crippen LogP contribution in [-0.4, -0.2) is 22.0 Å². The maximum Gasteiger partial charge on any atom is 0.314 e. The molecule has 0 bridgehead atoms. The van der Waals surface area contributed by atoms with Crippen LogP contribution in [0.15, 0.2) is 16.0 Å². The van der Waals surface area contributed by atoms with E-state index in [9.17, 15) is 9.59 Å². The van der Waals surface area contributed by atoms with Crippen molar-refractivity contribution < 1.29 is 14.1 Å². The Hall–Kier alpha value is -2.22. The zero-order valence-electron chi connectivity index (χ0n) is 13.8. The summed E-state index contributed by atoms with van der Waals surface area (Å²) in [5.41, 5.74) is 0.904. The Morgan fingerprint density at radius 3 is 2.52 bits per heavy atom. The summed E-state index contributed by atoms with van der Waals surface area (Å²) in [4.78, 5) is 28.3. The lowest BCUT2D eigenvalue weighted by Gasteiger charge is -2.15. The SMILES string of the molecule is Cc1cc(NC(=O)C(=O)N[C@H](C)c2nc(C(C)(C)C)cs2)no1. The van der Waals surface area contributed by atoms with Crippen molar-refractivity contribution >= 4 is 29.0 Å². The van der Waals surface area contributed by atoms with Crippen LogP contribution in [0.4, 0.5) is 5.82 Å². The number of carbonyl (C=O) groups excluding carboxylic acids is 2. The third kappa shape index (κ3) is 4.38. The molecule has 2 heterocycles. The van der Waals surface area contributed by atoms with Gasteiger partial charge in [0.2, 0.25) is 0 Å². The van der Waals surface area contributed by atoms with E-state index in [0.717, 1.165) is 10.7 Å². The molecule has 2 rings (SSSR count). The van der Waals surface area contributed by atoms with Crippen molar-refractivity contribution in [2.24, 2.45) is 0 Å². The first kappa shape index (κ1) is 17.1. The Balaban J connectivity index is 1.96. The van der Waals surface area contributed by atoms with Gasteiger partial charge in [-0.15, -0.1) is 11.3 Å². The molecule has 0 radical (unpaired) electrons. The van der Waals surface area contributed by atoms with Gasteiger partial charge in [-0.2, -0.15) is 0 Å². The Morgan fingerprint density at radius 2 is 2.00 bits per heavy atom. The van der Waals surface area contributed by atoms with E-state index < -0.39 is 11.8 Å². The largest absolute Gasteiger partial charge is 0.360 e. The van der Waals surface area contributed by atoms with Gasteiger partial charge in [0.05, 0.1) is 11.7 Å². The molecular formula is C15H20N4O3S. The van der Waals surface area contributed by atoms with Crippen molar-refractivity contribution in [2.45, 2.75) is 46.1 Å². The van der Waals surface area contributed by atoms with Crippen molar-refractivity contribution in [2.75, 3.05) is 5.32 Å². The van der Waals surface area contributed by atoms with Crippen LogP contribution in [0.25, 0.3) is 0 Å². The van der Waals surface area contributed by atoms with E-state index in [4.69, 9.17) is 4.52 Å². The van der Waals surface area contributed by atoms with Crippen LogP contribution in [0.5, 0.6) is 0 Å². The quantitative estimate of drug-likeness (QED) is 0.840. The van der Waals surface area contributed by atoms with E-state index in [1.54, 1.807) is 13.8 Å². The van der Waals surface area contributed by atoms with Crippen LogP contribution >= 0.6 is 11.3 Å². The van der Waals surface area contributed by atoms with Gasteiger partial charge in [-0.25, -0.2) is 4.98 Å². The molecule has 0 spiro atoms. The van der Waals surface area contributed by atoms with Gasteiger partial charge in [0.1, 0.15) is 10.8 Å². The second-order valence-electron chi connectivity index (χ2n) is 6.29. The number of nitrogens with zero attached hydrogens (tertiary/aromatic N) is 2. The number of anilines is 1. The molecule has 124 valence electrons. The number of hydrogen-bond donors (Lipinski definition) is 2. The number of carbonyl (C=O) groups is 2. The summed E-state index contributed by atoms with van der Waals surface area (Å²) in [6.07, 6.45) is 0. The van der Waals surface area contributed by atoms with E-state index in [1.165, 1.54) is 17.4 Å². The first-order valence-electron chi connectivity index (χ1n) is 7.18. The highest BCUT2D eigenvalue weighted by atomic mass is 32.1. The molecule has 2 aromatic heterocycles. The minimum atomic E-state index is -0.794. The van der Waals surface area contributed by atoms with Crippen LogP contribution < -0.4 is 10.6 Å². The van der Waals surface area contributed by atoms with E-state index in [-0.39, 0.29) is 17.3 Å².